The molecule has 0 atom stereocenters. The lowest BCUT2D eigenvalue weighted by atomic mass is 10.2. The van der Waals surface area contributed by atoms with Gasteiger partial charge in [-0.25, -0.2) is 4.79 Å². The standard InChI is InChI=1S/C12H12BrN3O2S/c1-18-12(17)9-10(14)16-19-11(9)15-6-7-2-4-8(13)5-3-7/h2-5,15H,6H2,1H3,(H2,14,16). The molecule has 0 fully saturated rings. The Morgan fingerprint density at radius 1 is 1.47 bits per heavy atom. The quantitative estimate of drug-likeness (QED) is 0.836. The van der Waals surface area contributed by atoms with E-state index in [1.807, 2.05) is 24.3 Å². The van der Waals surface area contributed by atoms with Gasteiger partial charge in [0.2, 0.25) is 0 Å². The Morgan fingerprint density at radius 2 is 2.16 bits per heavy atom. The van der Waals surface area contributed by atoms with Crippen LogP contribution in [0.1, 0.15) is 15.9 Å². The smallest absolute Gasteiger partial charge is 0.344 e. The number of aromatic nitrogens is 1. The minimum absolute atomic E-state index is 0.190. The van der Waals surface area contributed by atoms with Crippen LogP contribution in [0.5, 0.6) is 0 Å². The van der Waals surface area contributed by atoms with Gasteiger partial charge in [-0.1, -0.05) is 28.1 Å². The molecule has 0 aliphatic rings. The molecule has 7 heteroatoms. The molecule has 0 aliphatic heterocycles. The van der Waals surface area contributed by atoms with Gasteiger partial charge in [-0.05, 0) is 29.2 Å². The average Bonchev–Trinajstić information content (AvgIpc) is 2.78. The monoisotopic (exact) mass is 341 g/mol. The Hall–Kier alpha value is -1.60. The van der Waals surface area contributed by atoms with E-state index in [0.29, 0.717) is 17.1 Å². The van der Waals surface area contributed by atoms with Crippen LogP contribution in [0.15, 0.2) is 28.7 Å². The number of carbonyl (C=O) groups excluding carboxylic acids is 1. The molecule has 1 heterocycles. The molecule has 0 bridgehead atoms. The maximum atomic E-state index is 11.6. The van der Waals surface area contributed by atoms with Crippen LogP contribution in [-0.2, 0) is 11.3 Å². The minimum Gasteiger partial charge on any atom is -0.465 e. The lowest BCUT2D eigenvalue weighted by molar-refractivity contribution is 0.0603. The van der Waals surface area contributed by atoms with E-state index in [2.05, 4.69) is 30.4 Å². The van der Waals surface area contributed by atoms with E-state index in [1.54, 1.807) is 0 Å². The second kappa shape index (κ2) is 6.03. The Kier molecular flexibility index (Phi) is 4.39. The largest absolute Gasteiger partial charge is 0.465 e. The van der Waals surface area contributed by atoms with E-state index < -0.39 is 5.97 Å². The second-order valence-electron chi connectivity index (χ2n) is 3.74. The highest BCUT2D eigenvalue weighted by Crippen LogP contribution is 2.27. The number of ether oxygens (including phenoxy) is 1. The Bertz CT molecular complexity index is 583. The SMILES string of the molecule is COC(=O)c1c(N)nsc1NCc1ccc(Br)cc1. The van der Waals surface area contributed by atoms with Gasteiger partial charge >= 0.3 is 5.97 Å². The fourth-order valence-corrected chi connectivity index (χ4v) is 2.47. The summed E-state index contributed by atoms with van der Waals surface area (Å²) in [4.78, 5) is 11.6. The maximum absolute atomic E-state index is 11.6. The molecule has 19 heavy (non-hydrogen) atoms. The van der Waals surface area contributed by atoms with E-state index in [-0.39, 0.29) is 5.82 Å². The van der Waals surface area contributed by atoms with Crippen LogP contribution in [-0.4, -0.2) is 17.5 Å². The van der Waals surface area contributed by atoms with Crippen molar-refractivity contribution >= 4 is 44.3 Å². The number of hydrogen-bond donors (Lipinski definition) is 2. The van der Waals surface area contributed by atoms with E-state index >= 15 is 0 Å². The third-order valence-corrected chi connectivity index (χ3v) is 3.82. The lowest BCUT2D eigenvalue weighted by Gasteiger charge is -2.06. The van der Waals surface area contributed by atoms with Gasteiger partial charge in [0.05, 0.1) is 7.11 Å². The van der Waals surface area contributed by atoms with Gasteiger partial charge in [0.15, 0.2) is 5.82 Å². The number of halogens is 1. The van der Waals surface area contributed by atoms with Crippen molar-refractivity contribution in [1.29, 1.82) is 0 Å². The number of nitrogens with zero attached hydrogens (tertiary/aromatic N) is 1. The highest BCUT2D eigenvalue weighted by Gasteiger charge is 2.19. The Balaban J connectivity index is 2.11. The average molecular weight is 342 g/mol. The third kappa shape index (κ3) is 3.24. The first-order chi connectivity index (χ1) is 9.11. The van der Waals surface area contributed by atoms with Crippen molar-refractivity contribution < 1.29 is 9.53 Å². The molecule has 0 radical (unpaired) electrons. The summed E-state index contributed by atoms with van der Waals surface area (Å²) in [6, 6.07) is 7.89. The minimum atomic E-state index is -0.482. The first-order valence-electron chi connectivity index (χ1n) is 5.43. The van der Waals surface area contributed by atoms with Crippen LogP contribution in [0.3, 0.4) is 0 Å². The van der Waals surface area contributed by atoms with E-state index in [1.165, 1.54) is 7.11 Å². The van der Waals surface area contributed by atoms with Gasteiger partial charge < -0.3 is 15.8 Å². The number of anilines is 2. The molecule has 0 spiro atoms. The van der Waals surface area contributed by atoms with E-state index in [4.69, 9.17) is 5.73 Å². The Labute approximate surface area is 123 Å². The molecule has 1 aromatic heterocycles. The summed E-state index contributed by atoms with van der Waals surface area (Å²) in [5.74, 6) is -0.292. The van der Waals surface area contributed by atoms with Crippen LogP contribution < -0.4 is 11.1 Å². The molecule has 100 valence electrons. The van der Waals surface area contributed by atoms with Crippen molar-refractivity contribution in [3.63, 3.8) is 0 Å². The van der Waals surface area contributed by atoms with Crippen molar-refractivity contribution in [3.05, 3.63) is 39.9 Å². The molecule has 2 rings (SSSR count). The first kappa shape index (κ1) is 13.8. The molecular weight excluding hydrogens is 330 g/mol. The van der Waals surface area contributed by atoms with E-state index in [9.17, 15) is 4.79 Å². The number of esters is 1. The van der Waals surface area contributed by atoms with Crippen LogP contribution >= 0.6 is 27.5 Å². The number of rotatable bonds is 4. The summed E-state index contributed by atoms with van der Waals surface area (Å²) >= 11 is 4.52. The molecule has 2 aromatic rings. The van der Waals surface area contributed by atoms with Crippen LogP contribution in [0.2, 0.25) is 0 Å². The van der Waals surface area contributed by atoms with Gasteiger partial charge in [-0.2, -0.15) is 4.37 Å². The molecule has 0 amide bonds. The number of nitrogens with two attached hydrogens (primary N) is 1. The number of methoxy groups -OCH3 is 1. The van der Waals surface area contributed by atoms with Crippen LogP contribution in [0.4, 0.5) is 10.8 Å². The van der Waals surface area contributed by atoms with Crippen molar-refractivity contribution in [1.82, 2.24) is 4.37 Å². The summed E-state index contributed by atoms with van der Waals surface area (Å²) < 4.78 is 9.67. The van der Waals surface area contributed by atoms with Crippen LogP contribution in [0, 0.1) is 0 Å². The zero-order chi connectivity index (χ0) is 13.8. The zero-order valence-corrected chi connectivity index (χ0v) is 12.5. The molecule has 0 aliphatic carbocycles. The molecule has 3 N–H and O–H groups in total. The first-order valence-corrected chi connectivity index (χ1v) is 7.00. The molecule has 0 saturated heterocycles. The van der Waals surface area contributed by atoms with Crippen molar-refractivity contribution in [3.8, 4) is 0 Å². The third-order valence-electron chi connectivity index (χ3n) is 2.47. The van der Waals surface area contributed by atoms with Crippen molar-refractivity contribution in [2.45, 2.75) is 6.54 Å². The number of benzene rings is 1. The predicted octanol–water partition coefficient (Wildman–Crippen LogP) is 2.89. The lowest BCUT2D eigenvalue weighted by Crippen LogP contribution is -2.08. The maximum Gasteiger partial charge on any atom is 0.344 e. The van der Waals surface area contributed by atoms with E-state index in [0.717, 1.165) is 21.6 Å². The van der Waals surface area contributed by atoms with Crippen molar-refractivity contribution in [2.75, 3.05) is 18.2 Å². The molecular formula is C12H12BrN3O2S. The Morgan fingerprint density at radius 3 is 2.79 bits per heavy atom. The predicted molar refractivity (Wildman–Crippen MR) is 79.3 cm³/mol. The summed E-state index contributed by atoms with van der Waals surface area (Å²) in [5.41, 5.74) is 7.04. The molecule has 1 aromatic carbocycles. The highest BCUT2D eigenvalue weighted by molar-refractivity contribution is 9.10. The number of hydrogen-bond acceptors (Lipinski definition) is 6. The number of carbonyl (C=O) groups is 1. The van der Waals surface area contributed by atoms with Gasteiger partial charge in [0.25, 0.3) is 0 Å². The fraction of sp³-hybridized carbons (Fsp3) is 0.167. The number of nitrogen functional groups attached to an aromatic ring is 1. The summed E-state index contributed by atoms with van der Waals surface area (Å²) in [6.07, 6.45) is 0. The van der Waals surface area contributed by atoms with Gasteiger partial charge in [-0.3, -0.25) is 0 Å². The highest BCUT2D eigenvalue weighted by atomic mass is 79.9. The molecule has 0 unspecified atom stereocenters. The normalized spacial score (nSPS) is 10.2. The van der Waals surface area contributed by atoms with Gasteiger partial charge in [0, 0.05) is 11.0 Å². The molecule has 5 nitrogen and oxygen atoms in total. The second-order valence-corrected chi connectivity index (χ2v) is 5.43. The molecule has 0 saturated carbocycles. The van der Waals surface area contributed by atoms with Crippen molar-refractivity contribution in [2.24, 2.45) is 0 Å². The number of nitrogens with one attached hydrogen (secondary N) is 1. The summed E-state index contributed by atoms with van der Waals surface area (Å²) in [6.45, 7) is 0.582. The van der Waals surface area contributed by atoms with Crippen LogP contribution in [0.25, 0.3) is 0 Å². The van der Waals surface area contributed by atoms with Gasteiger partial charge in [0.1, 0.15) is 10.6 Å². The zero-order valence-electron chi connectivity index (χ0n) is 10.1. The topological polar surface area (TPSA) is 77.2 Å². The fourth-order valence-electron chi connectivity index (χ4n) is 1.51. The van der Waals surface area contributed by atoms with Gasteiger partial charge in [-0.15, -0.1) is 0 Å². The summed E-state index contributed by atoms with van der Waals surface area (Å²) in [7, 11) is 1.32. The summed E-state index contributed by atoms with van der Waals surface area (Å²) in [5, 5.41) is 3.76.